The molecule has 0 saturated carbocycles. The Morgan fingerprint density at radius 1 is 1.00 bits per heavy atom. The van der Waals surface area contributed by atoms with Gasteiger partial charge in [-0.3, -0.25) is 9.59 Å². The number of aliphatic hydroxyl groups excluding tert-OH is 1. The van der Waals surface area contributed by atoms with Crippen LogP contribution in [0.4, 0.5) is 0 Å². The van der Waals surface area contributed by atoms with Crippen LogP contribution in [0.2, 0.25) is 0 Å². The highest BCUT2D eigenvalue weighted by molar-refractivity contribution is 8.01. The van der Waals surface area contributed by atoms with Crippen molar-refractivity contribution in [1.29, 1.82) is 0 Å². The van der Waals surface area contributed by atoms with E-state index in [4.69, 9.17) is 0 Å². The lowest BCUT2D eigenvalue weighted by Crippen LogP contribution is -2.41. The van der Waals surface area contributed by atoms with E-state index in [9.17, 15) is 19.8 Å². The number of aliphatic hydroxyl groups is 1. The van der Waals surface area contributed by atoms with E-state index in [0.29, 0.717) is 6.54 Å². The van der Waals surface area contributed by atoms with Gasteiger partial charge in [-0.1, -0.05) is 72.3 Å². The molecule has 0 bridgehead atoms. The first-order chi connectivity index (χ1) is 15.4. The van der Waals surface area contributed by atoms with E-state index in [2.05, 4.69) is 0 Å². The van der Waals surface area contributed by atoms with E-state index in [0.717, 1.165) is 27.1 Å². The van der Waals surface area contributed by atoms with Gasteiger partial charge in [0.1, 0.15) is 0 Å². The van der Waals surface area contributed by atoms with Gasteiger partial charge in [0, 0.05) is 11.4 Å². The Balaban J connectivity index is 1.80. The molecular formula is C26H25NO4S. The van der Waals surface area contributed by atoms with Gasteiger partial charge in [0.15, 0.2) is 4.75 Å². The van der Waals surface area contributed by atoms with Crippen LogP contribution in [0, 0.1) is 6.92 Å². The summed E-state index contributed by atoms with van der Waals surface area (Å²) in [5.41, 5.74) is 3.51. The van der Waals surface area contributed by atoms with Gasteiger partial charge in [-0.2, -0.15) is 0 Å². The highest BCUT2D eigenvalue weighted by Crippen LogP contribution is 2.53. The van der Waals surface area contributed by atoms with Crippen molar-refractivity contribution >= 4 is 23.6 Å². The number of carbonyl (C=O) groups excluding carboxylic acids is 1. The van der Waals surface area contributed by atoms with Crippen molar-refractivity contribution in [3.63, 3.8) is 0 Å². The lowest BCUT2D eigenvalue weighted by molar-refractivity contribution is -0.140. The van der Waals surface area contributed by atoms with Crippen molar-refractivity contribution in [3.05, 3.63) is 101 Å². The molecular weight excluding hydrogens is 422 g/mol. The zero-order valence-electron chi connectivity index (χ0n) is 17.8. The summed E-state index contributed by atoms with van der Waals surface area (Å²) in [4.78, 5) is 28.6. The minimum Gasteiger partial charge on any atom is -0.480 e. The summed E-state index contributed by atoms with van der Waals surface area (Å²) >= 11 is 1.23. The van der Waals surface area contributed by atoms with Crippen LogP contribution in [0.3, 0.4) is 0 Å². The number of aryl methyl sites for hydroxylation is 1. The molecule has 0 radical (unpaired) electrons. The Hall–Kier alpha value is -3.09. The van der Waals surface area contributed by atoms with Crippen molar-refractivity contribution in [2.24, 2.45) is 0 Å². The Morgan fingerprint density at radius 3 is 2.25 bits per heavy atom. The average Bonchev–Trinajstić information content (AvgIpc) is 3.08. The van der Waals surface area contributed by atoms with E-state index >= 15 is 0 Å². The summed E-state index contributed by atoms with van der Waals surface area (Å²) in [6.07, 6.45) is -0.0971. The maximum Gasteiger partial charge on any atom is 0.323 e. The fourth-order valence-corrected chi connectivity index (χ4v) is 5.53. The van der Waals surface area contributed by atoms with Crippen LogP contribution in [-0.2, 0) is 22.7 Å². The molecule has 0 unspecified atom stereocenters. The number of rotatable bonds is 7. The average molecular weight is 448 g/mol. The van der Waals surface area contributed by atoms with Crippen LogP contribution in [-0.4, -0.2) is 31.7 Å². The molecule has 3 aromatic carbocycles. The van der Waals surface area contributed by atoms with Gasteiger partial charge in [0.2, 0.25) is 5.91 Å². The van der Waals surface area contributed by atoms with E-state index < -0.39 is 16.8 Å². The third-order valence-corrected chi connectivity index (χ3v) is 7.26. The van der Waals surface area contributed by atoms with Crippen LogP contribution in [0.25, 0.3) is 0 Å². The van der Waals surface area contributed by atoms with E-state index in [1.807, 2.05) is 73.7 Å². The molecule has 0 spiro atoms. The highest BCUT2D eigenvalue weighted by atomic mass is 32.2. The molecule has 32 heavy (non-hydrogen) atoms. The van der Waals surface area contributed by atoms with Crippen molar-refractivity contribution in [1.82, 2.24) is 4.90 Å². The summed E-state index contributed by atoms with van der Waals surface area (Å²) < 4.78 is -1.37. The van der Waals surface area contributed by atoms with Crippen LogP contribution in [0.15, 0.2) is 83.8 Å². The molecule has 1 heterocycles. The second-order valence-electron chi connectivity index (χ2n) is 8.10. The fraction of sp³-hybridized carbons (Fsp3) is 0.231. The third kappa shape index (κ3) is 4.29. The number of amides is 1. The summed E-state index contributed by atoms with van der Waals surface area (Å²) in [7, 11) is 0. The number of carboxylic acid groups (broad SMARTS) is 1. The molecule has 1 amide bonds. The molecule has 0 aromatic heterocycles. The largest absolute Gasteiger partial charge is 0.480 e. The van der Waals surface area contributed by atoms with E-state index in [-0.39, 0.29) is 18.9 Å². The van der Waals surface area contributed by atoms with Gasteiger partial charge < -0.3 is 15.1 Å². The van der Waals surface area contributed by atoms with Crippen LogP contribution < -0.4 is 0 Å². The van der Waals surface area contributed by atoms with Crippen molar-refractivity contribution < 1.29 is 19.8 Å². The van der Waals surface area contributed by atoms with Gasteiger partial charge >= 0.3 is 5.97 Å². The first-order valence-electron chi connectivity index (χ1n) is 10.4. The number of aliphatic carboxylic acids is 1. The number of likely N-dealkylation sites (tertiary alicyclic amines) is 1. The first kappa shape index (κ1) is 22.1. The predicted molar refractivity (Wildman–Crippen MR) is 124 cm³/mol. The van der Waals surface area contributed by atoms with Crippen molar-refractivity contribution in [3.8, 4) is 0 Å². The lowest BCUT2D eigenvalue weighted by Gasteiger charge is -2.35. The monoisotopic (exact) mass is 447 g/mol. The Labute approximate surface area is 191 Å². The van der Waals surface area contributed by atoms with E-state index in [1.54, 1.807) is 17.0 Å². The quantitative estimate of drug-likeness (QED) is 0.555. The van der Waals surface area contributed by atoms with Gasteiger partial charge in [-0.15, -0.1) is 11.8 Å². The summed E-state index contributed by atoms with van der Waals surface area (Å²) in [6.45, 7) is 2.21. The van der Waals surface area contributed by atoms with Crippen molar-refractivity contribution in [2.75, 3.05) is 0 Å². The molecule has 0 aliphatic carbocycles. The molecule has 4 rings (SSSR count). The molecule has 1 aliphatic rings. The predicted octanol–water partition coefficient (Wildman–Crippen LogP) is 4.58. The highest BCUT2D eigenvalue weighted by Gasteiger charge is 2.58. The molecule has 5 nitrogen and oxygen atoms in total. The molecule has 1 aliphatic heterocycles. The zero-order chi connectivity index (χ0) is 22.7. The zero-order valence-corrected chi connectivity index (χ0v) is 18.6. The third-order valence-electron chi connectivity index (χ3n) is 5.84. The van der Waals surface area contributed by atoms with Gasteiger partial charge in [0.25, 0.3) is 0 Å². The number of benzene rings is 3. The number of thioether (sulfide) groups is 1. The molecule has 6 heteroatoms. The number of hydrogen-bond acceptors (Lipinski definition) is 4. The van der Waals surface area contributed by atoms with Gasteiger partial charge in [-0.05, 0) is 35.7 Å². The summed E-state index contributed by atoms with van der Waals surface area (Å²) in [5.74, 6) is -1.20. The summed E-state index contributed by atoms with van der Waals surface area (Å²) in [5, 5.41) is 19.9. The van der Waals surface area contributed by atoms with Gasteiger partial charge in [0.05, 0.1) is 19.1 Å². The molecule has 164 valence electrons. The standard InChI is InChI=1S/C26H25NO4S/c1-18-7-13-22(14-8-18)32-26(25(30)31)15-23(29)27(16-19-5-3-2-4-6-19)24(26)21-11-9-20(17-28)10-12-21/h2-14,24,28H,15-17H2,1H3,(H,30,31)/t24-,26-/m1/s1. The fourth-order valence-electron chi connectivity index (χ4n) is 4.18. The Morgan fingerprint density at radius 2 is 1.66 bits per heavy atom. The van der Waals surface area contributed by atoms with Crippen molar-refractivity contribution in [2.45, 2.75) is 42.2 Å². The molecule has 1 fully saturated rings. The SMILES string of the molecule is Cc1ccc(S[C@]2(C(=O)O)CC(=O)N(Cc3ccccc3)[C@@H]2c2ccc(CO)cc2)cc1. The molecule has 2 N–H and O–H groups in total. The first-order valence-corrected chi connectivity index (χ1v) is 11.3. The normalized spacial score (nSPS) is 20.5. The lowest BCUT2D eigenvalue weighted by atomic mass is 9.92. The topological polar surface area (TPSA) is 77.8 Å². The van der Waals surface area contributed by atoms with Crippen LogP contribution in [0.5, 0.6) is 0 Å². The molecule has 2 atom stereocenters. The smallest absolute Gasteiger partial charge is 0.323 e. The molecule has 3 aromatic rings. The minimum atomic E-state index is -1.37. The molecule has 1 saturated heterocycles. The Kier molecular flexibility index (Phi) is 6.35. The van der Waals surface area contributed by atoms with E-state index in [1.165, 1.54) is 11.8 Å². The minimum absolute atomic E-state index is 0.0971. The number of carboxylic acids is 1. The second-order valence-corrected chi connectivity index (χ2v) is 9.50. The number of nitrogens with zero attached hydrogens (tertiary/aromatic N) is 1. The number of carbonyl (C=O) groups is 2. The Bertz CT molecular complexity index is 1100. The second kappa shape index (κ2) is 9.18. The van der Waals surface area contributed by atoms with Crippen LogP contribution in [0.1, 0.15) is 34.7 Å². The maximum absolute atomic E-state index is 13.3. The summed E-state index contributed by atoms with van der Waals surface area (Å²) in [6, 6.07) is 23.8. The maximum atomic E-state index is 13.3. The number of hydrogen-bond donors (Lipinski definition) is 2. The van der Waals surface area contributed by atoms with Crippen LogP contribution >= 0.6 is 11.8 Å². The van der Waals surface area contributed by atoms with Gasteiger partial charge in [-0.25, -0.2) is 0 Å².